The molecule has 0 radical (unpaired) electrons. The van der Waals surface area contributed by atoms with Crippen molar-refractivity contribution in [2.24, 2.45) is 24.6 Å². The van der Waals surface area contributed by atoms with Gasteiger partial charge in [0.25, 0.3) is 0 Å². The van der Waals surface area contributed by atoms with Crippen LogP contribution in [0.4, 0.5) is 10.5 Å². The summed E-state index contributed by atoms with van der Waals surface area (Å²) in [7, 11) is 1.89. The number of hydrogen-bond acceptors (Lipinski definition) is 4. The van der Waals surface area contributed by atoms with Crippen LogP contribution >= 0.6 is 0 Å². The van der Waals surface area contributed by atoms with Gasteiger partial charge >= 0.3 is 6.03 Å². The molecule has 29 heavy (non-hydrogen) atoms. The van der Waals surface area contributed by atoms with E-state index >= 15 is 0 Å². The van der Waals surface area contributed by atoms with Gasteiger partial charge < -0.3 is 20.7 Å². The van der Waals surface area contributed by atoms with Gasteiger partial charge in [-0.25, -0.2) is 4.79 Å². The van der Waals surface area contributed by atoms with Gasteiger partial charge in [0, 0.05) is 44.1 Å². The van der Waals surface area contributed by atoms with E-state index in [1.54, 1.807) is 10.9 Å². The molecule has 7 heteroatoms. The molecule has 4 rings (SSSR count). The predicted octanol–water partition coefficient (Wildman–Crippen LogP) is 3.47. The van der Waals surface area contributed by atoms with Crippen molar-refractivity contribution in [2.45, 2.75) is 32.1 Å². The Labute approximate surface area is 172 Å². The number of hydrogen-bond donors (Lipinski definition) is 2. The van der Waals surface area contributed by atoms with Gasteiger partial charge in [0.2, 0.25) is 0 Å². The molecule has 2 atom stereocenters. The standard InChI is InChI=1S/C22H31N5O2/c1-26-20(8-11-24-26)19-14-18(6-7-21(19)29-13-10-23)25-22(28)27-12-9-16-4-2-3-5-17(16)15-27/h6-8,11,14,16-17H,2-5,9-10,12-13,15,23H2,1H3,(H,25,28). The Balaban J connectivity index is 1.49. The molecule has 1 aromatic heterocycles. The third-order valence-corrected chi connectivity index (χ3v) is 6.28. The second-order valence-electron chi connectivity index (χ2n) is 8.16. The molecule has 7 nitrogen and oxygen atoms in total. The quantitative estimate of drug-likeness (QED) is 0.809. The number of ether oxygens (including phenoxy) is 1. The van der Waals surface area contributed by atoms with E-state index in [4.69, 9.17) is 10.5 Å². The molecular weight excluding hydrogens is 366 g/mol. The smallest absolute Gasteiger partial charge is 0.321 e. The summed E-state index contributed by atoms with van der Waals surface area (Å²) in [6.07, 6.45) is 8.12. The van der Waals surface area contributed by atoms with Crippen LogP contribution in [0.2, 0.25) is 0 Å². The number of aromatic nitrogens is 2. The minimum atomic E-state index is -0.0133. The van der Waals surface area contributed by atoms with Crippen LogP contribution in [0, 0.1) is 11.8 Å². The summed E-state index contributed by atoms with van der Waals surface area (Å²) in [6, 6.07) is 7.65. The van der Waals surface area contributed by atoms with Crippen molar-refractivity contribution in [3.8, 4) is 17.0 Å². The minimum absolute atomic E-state index is 0.0133. The summed E-state index contributed by atoms with van der Waals surface area (Å²) in [6.45, 7) is 2.61. The molecule has 156 valence electrons. The van der Waals surface area contributed by atoms with Crippen LogP contribution in [0.3, 0.4) is 0 Å². The van der Waals surface area contributed by atoms with Crippen LogP contribution in [0.15, 0.2) is 30.5 Å². The SMILES string of the molecule is Cn1nccc1-c1cc(NC(=O)N2CCC3CCCCC3C2)ccc1OCCN. The second kappa shape index (κ2) is 8.86. The Morgan fingerprint density at radius 2 is 2.07 bits per heavy atom. The zero-order chi connectivity index (χ0) is 20.2. The number of piperidine rings is 1. The normalized spacial score (nSPS) is 21.5. The fraction of sp³-hybridized carbons (Fsp3) is 0.545. The van der Waals surface area contributed by atoms with E-state index in [1.165, 1.54) is 25.7 Å². The number of nitrogens with one attached hydrogen (secondary N) is 1. The maximum Gasteiger partial charge on any atom is 0.321 e. The van der Waals surface area contributed by atoms with Gasteiger partial charge in [-0.2, -0.15) is 5.10 Å². The Hall–Kier alpha value is -2.54. The molecule has 1 saturated carbocycles. The van der Waals surface area contributed by atoms with Gasteiger partial charge in [-0.1, -0.05) is 19.3 Å². The van der Waals surface area contributed by atoms with Crippen molar-refractivity contribution in [2.75, 3.05) is 31.6 Å². The number of benzene rings is 1. The highest BCUT2D eigenvalue weighted by Crippen LogP contribution is 2.36. The van der Waals surface area contributed by atoms with Crippen LogP contribution in [0.5, 0.6) is 5.75 Å². The lowest BCUT2D eigenvalue weighted by Crippen LogP contribution is -2.46. The van der Waals surface area contributed by atoms with Gasteiger partial charge in [-0.3, -0.25) is 4.68 Å². The lowest BCUT2D eigenvalue weighted by atomic mass is 9.75. The largest absolute Gasteiger partial charge is 0.492 e. The second-order valence-corrected chi connectivity index (χ2v) is 8.16. The summed E-state index contributed by atoms with van der Waals surface area (Å²) in [5.74, 6) is 2.21. The fourth-order valence-electron chi connectivity index (χ4n) is 4.73. The number of urea groups is 1. The Morgan fingerprint density at radius 1 is 1.24 bits per heavy atom. The highest BCUT2D eigenvalue weighted by Gasteiger charge is 2.33. The Kier molecular flexibility index (Phi) is 6.04. The summed E-state index contributed by atoms with van der Waals surface area (Å²) >= 11 is 0. The average molecular weight is 398 g/mol. The monoisotopic (exact) mass is 397 g/mol. The first kappa shape index (κ1) is 19.8. The third kappa shape index (κ3) is 4.40. The average Bonchev–Trinajstić information content (AvgIpc) is 3.18. The van der Waals surface area contributed by atoms with E-state index in [0.717, 1.165) is 48.1 Å². The van der Waals surface area contributed by atoms with Crippen molar-refractivity contribution >= 4 is 11.7 Å². The van der Waals surface area contributed by atoms with E-state index in [9.17, 15) is 4.79 Å². The molecule has 0 bridgehead atoms. The molecule has 1 aliphatic carbocycles. The molecule has 3 N–H and O–H groups in total. The number of carbonyl (C=O) groups excluding carboxylic acids is 1. The van der Waals surface area contributed by atoms with Gasteiger partial charge in [0.15, 0.2) is 0 Å². The van der Waals surface area contributed by atoms with Gasteiger partial charge in [0.1, 0.15) is 12.4 Å². The van der Waals surface area contributed by atoms with Crippen molar-refractivity contribution in [1.82, 2.24) is 14.7 Å². The zero-order valence-corrected chi connectivity index (χ0v) is 17.1. The summed E-state index contributed by atoms with van der Waals surface area (Å²) in [4.78, 5) is 14.9. The fourth-order valence-corrected chi connectivity index (χ4v) is 4.73. The van der Waals surface area contributed by atoms with E-state index in [1.807, 2.05) is 36.2 Å². The van der Waals surface area contributed by atoms with E-state index < -0.39 is 0 Å². The molecular formula is C22H31N5O2. The number of aryl methyl sites for hydroxylation is 1. The lowest BCUT2D eigenvalue weighted by Gasteiger charge is -2.41. The predicted molar refractivity (Wildman–Crippen MR) is 114 cm³/mol. The van der Waals surface area contributed by atoms with Crippen molar-refractivity contribution in [3.05, 3.63) is 30.5 Å². The number of carbonyl (C=O) groups is 1. The molecule has 1 aliphatic heterocycles. The van der Waals surface area contributed by atoms with Crippen LogP contribution < -0.4 is 15.8 Å². The number of nitrogens with zero attached hydrogens (tertiary/aromatic N) is 3. The number of fused-ring (bicyclic) bond motifs is 1. The maximum atomic E-state index is 12.9. The first-order chi connectivity index (χ1) is 14.2. The van der Waals surface area contributed by atoms with Crippen LogP contribution in [0.1, 0.15) is 32.1 Å². The number of anilines is 1. The topological polar surface area (TPSA) is 85.4 Å². The molecule has 1 saturated heterocycles. The van der Waals surface area contributed by atoms with E-state index in [-0.39, 0.29) is 6.03 Å². The third-order valence-electron chi connectivity index (χ3n) is 6.28. The molecule has 2 aromatic rings. The van der Waals surface area contributed by atoms with Crippen molar-refractivity contribution in [3.63, 3.8) is 0 Å². The van der Waals surface area contributed by atoms with E-state index in [0.29, 0.717) is 19.1 Å². The molecule has 2 fully saturated rings. The number of rotatable bonds is 5. The minimum Gasteiger partial charge on any atom is -0.492 e. The summed E-state index contributed by atoms with van der Waals surface area (Å²) in [5, 5.41) is 7.35. The Bertz CT molecular complexity index is 849. The highest BCUT2D eigenvalue weighted by atomic mass is 16.5. The lowest BCUT2D eigenvalue weighted by molar-refractivity contribution is 0.108. The molecule has 2 aliphatic rings. The van der Waals surface area contributed by atoms with Crippen LogP contribution in [-0.4, -0.2) is 47.0 Å². The number of amides is 2. The van der Waals surface area contributed by atoms with Crippen LogP contribution in [-0.2, 0) is 7.05 Å². The van der Waals surface area contributed by atoms with Crippen molar-refractivity contribution < 1.29 is 9.53 Å². The summed E-state index contributed by atoms with van der Waals surface area (Å²) < 4.78 is 7.61. The number of nitrogens with two attached hydrogens (primary N) is 1. The van der Waals surface area contributed by atoms with Crippen molar-refractivity contribution in [1.29, 1.82) is 0 Å². The first-order valence-corrected chi connectivity index (χ1v) is 10.7. The Morgan fingerprint density at radius 3 is 2.83 bits per heavy atom. The molecule has 1 aromatic carbocycles. The van der Waals surface area contributed by atoms with Gasteiger partial charge in [-0.05, 0) is 48.9 Å². The number of likely N-dealkylation sites (tertiary alicyclic amines) is 1. The maximum absolute atomic E-state index is 12.9. The summed E-state index contributed by atoms with van der Waals surface area (Å²) in [5.41, 5.74) is 8.17. The van der Waals surface area contributed by atoms with Gasteiger partial charge in [0.05, 0.1) is 5.69 Å². The van der Waals surface area contributed by atoms with E-state index in [2.05, 4.69) is 10.4 Å². The molecule has 2 heterocycles. The molecule has 0 spiro atoms. The molecule has 2 amide bonds. The van der Waals surface area contributed by atoms with Crippen LogP contribution in [0.25, 0.3) is 11.3 Å². The first-order valence-electron chi connectivity index (χ1n) is 10.7. The highest BCUT2D eigenvalue weighted by molar-refractivity contribution is 5.90. The molecule has 2 unspecified atom stereocenters. The zero-order valence-electron chi connectivity index (χ0n) is 17.1. The van der Waals surface area contributed by atoms with Gasteiger partial charge in [-0.15, -0.1) is 0 Å².